The van der Waals surface area contributed by atoms with E-state index in [-0.39, 0.29) is 17.7 Å². The van der Waals surface area contributed by atoms with Crippen LogP contribution < -0.4 is 5.01 Å². The number of halogens is 2. The number of aliphatic carboxylic acids is 1. The van der Waals surface area contributed by atoms with Gasteiger partial charge in [-0.15, -0.1) is 0 Å². The molecule has 0 radical (unpaired) electrons. The highest BCUT2D eigenvalue weighted by molar-refractivity contribution is 6.38. The molecule has 1 N–H and O–H groups in total. The molecule has 1 heterocycles. The summed E-state index contributed by atoms with van der Waals surface area (Å²) in [5.41, 5.74) is 1.73. The van der Waals surface area contributed by atoms with Crippen molar-refractivity contribution >= 4 is 40.6 Å². The van der Waals surface area contributed by atoms with E-state index < -0.39 is 5.97 Å². The predicted molar refractivity (Wildman–Crippen MR) is 92.4 cm³/mol. The zero-order chi connectivity index (χ0) is 16.6. The second-order valence-electron chi connectivity index (χ2n) is 5.37. The average Bonchev–Trinajstić information content (AvgIpc) is 2.86. The van der Waals surface area contributed by atoms with Gasteiger partial charge in [0.25, 0.3) is 0 Å². The number of para-hydroxylation sites is 1. The Morgan fingerprint density at radius 2 is 1.78 bits per heavy atom. The van der Waals surface area contributed by atoms with Gasteiger partial charge in [0.1, 0.15) is 0 Å². The van der Waals surface area contributed by atoms with Gasteiger partial charge in [0.2, 0.25) is 0 Å². The fraction of sp³-hybridized carbons (Fsp3) is 0.176. The molecule has 2 aromatic carbocycles. The number of hydrogen-bond acceptors (Lipinski definition) is 3. The minimum atomic E-state index is -1.02. The third kappa shape index (κ3) is 2.92. The highest BCUT2D eigenvalue weighted by Gasteiger charge is 2.39. The third-order valence-corrected chi connectivity index (χ3v) is 4.49. The minimum Gasteiger partial charge on any atom is -0.477 e. The highest BCUT2D eigenvalue weighted by atomic mass is 35.5. The second kappa shape index (κ2) is 6.22. The summed E-state index contributed by atoms with van der Waals surface area (Å²) in [7, 11) is 0. The van der Waals surface area contributed by atoms with Gasteiger partial charge in [-0.05, 0) is 29.8 Å². The van der Waals surface area contributed by atoms with Gasteiger partial charge in [-0.1, -0.05) is 54.4 Å². The maximum Gasteiger partial charge on any atom is 0.352 e. The molecule has 118 valence electrons. The molecule has 1 aliphatic rings. The first kappa shape index (κ1) is 15.8. The maximum atomic E-state index is 11.5. The van der Waals surface area contributed by atoms with Gasteiger partial charge in [0.15, 0.2) is 5.71 Å². The van der Waals surface area contributed by atoms with Crippen LogP contribution >= 0.6 is 23.2 Å². The number of carbonyl (C=O) groups is 1. The number of benzene rings is 2. The molecule has 6 heteroatoms. The number of anilines is 1. The van der Waals surface area contributed by atoms with Crippen LogP contribution in [0, 0.1) is 5.92 Å². The van der Waals surface area contributed by atoms with Crippen LogP contribution in [0.25, 0.3) is 0 Å². The van der Waals surface area contributed by atoms with Crippen molar-refractivity contribution in [1.82, 2.24) is 0 Å². The molecule has 0 saturated carbocycles. The van der Waals surface area contributed by atoms with Crippen molar-refractivity contribution in [2.24, 2.45) is 11.0 Å². The number of carboxylic acids is 1. The van der Waals surface area contributed by atoms with Gasteiger partial charge in [-0.2, -0.15) is 5.10 Å². The zero-order valence-electron chi connectivity index (χ0n) is 12.3. The second-order valence-corrected chi connectivity index (χ2v) is 6.22. The lowest BCUT2D eigenvalue weighted by atomic mass is 9.91. The van der Waals surface area contributed by atoms with Crippen molar-refractivity contribution in [3.8, 4) is 0 Å². The first-order chi connectivity index (χ1) is 11.0. The van der Waals surface area contributed by atoms with E-state index in [0.29, 0.717) is 15.7 Å². The molecule has 3 rings (SSSR count). The summed E-state index contributed by atoms with van der Waals surface area (Å²) < 4.78 is 0. The predicted octanol–water partition coefficient (Wildman–Crippen LogP) is 4.63. The normalized spacial score (nSPS) is 20.5. The lowest BCUT2D eigenvalue weighted by Gasteiger charge is -2.27. The Hall–Kier alpha value is -2.04. The summed E-state index contributed by atoms with van der Waals surface area (Å²) in [6, 6.07) is 14.3. The molecule has 23 heavy (non-hydrogen) atoms. The van der Waals surface area contributed by atoms with Crippen molar-refractivity contribution in [3.05, 3.63) is 64.1 Å². The van der Waals surface area contributed by atoms with Gasteiger partial charge in [-0.3, -0.25) is 5.01 Å². The summed E-state index contributed by atoms with van der Waals surface area (Å²) in [5, 5.41) is 16.6. The molecule has 1 aliphatic heterocycles. The Morgan fingerprint density at radius 3 is 2.39 bits per heavy atom. The maximum absolute atomic E-state index is 11.5. The third-order valence-electron chi connectivity index (χ3n) is 3.91. The van der Waals surface area contributed by atoms with Crippen LogP contribution in [-0.2, 0) is 4.79 Å². The zero-order valence-corrected chi connectivity index (χ0v) is 13.8. The average molecular weight is 349 g/mol. The van der Waals surface area contributed by atoms with Crippen molar-refractivity contribution in [2.45, 2.75) is 13.0 Å². The Morgan fingerprint density at radius 1 is 1.13 bits per heavy atom. The van der Waals surface area contributed by atoms with Gasteiger partial charge in [0.05, 0.1) is 16.8 Å². The SMILES string of the molecule is C[C@@H]1C(C(=O)O)=NN(c2ccccc2Cl)[C@@H]1c1ccc(Cl)cc1. The van der Waals surface area contributed by atoms with E-state index >= 15 is 0 Å². The van der Waals surface area contributed by atoms with E-state index in [1.54, 1.807) is 23.2 Å². The van der Waals surface area contributed by atoms with Crippen molar-refractivity contribution < 1.29 is 9.90 Å². The summed E-state index contributed by atoms with van der Waals surface area (Å²) in [5.74, 6) is -1.31. The summed E-state index contributed by atoms with van der Waals surface area (Å²) in [6.07, 6.45) is 0. The van der Waals surface area contributed by atoms with E-state index in [1.807, 2.05) is 37.3 Å². The van der Waals surface area contributed by atoms with Crippen LogP contribution in [0.2, 0.25) is 10.0 Å². The molecule has 0 bridgehead atoms. The summed E-state index contributed by atoms with van der Waals surface area (Å²) >= 11 is 12.2. The standard InChI is InChI=1S/C17H14Cl2N2O2/c1-10-15(17(22)23)20-21(14-5-3-2-4-13(14)19)16(10)11-6-8-12(18)9-7-11/h2-10,16H,1H3,(H,22,23)/t10-,16+/m1/s1. The Labute approximate surface area is 143 Å². The Bertz CT molecular complexity index is 774. The first-order valence-corrected chi connectivity index (χ1v) is 7.85. The molecule has 0 aliphatic carbocycles. The first-order valence-electron chi connectivity index (χ1n) is 7.10. The lowest BCUT2D eigenvalue weighted by Crippen LogP contribution is -2.26. The summed E-state index contributed by atoms with van der Waals surface area (Å²) in [6.45, 7) is 1.85. The van der Waals surface area contributed by atoms with Crippen LogP contribution in [-0.4, -0.2) is 16.8 Å². The van der Waals surface area contributed by atoms with Crippen LogP contribution in [0.4, 0.5) is 5.69 Å². The number of hydrazone groups is 1. The molecular weight excluding hydrogens is 335 g/mol. The number of rotatable bonds is 3. The molecule has 2 aromatic rings. The number of nitrogens with zero attached hydrogens (tertiary/aromatic N) is 2. The number of hydrogen-bond donors (Lipinski definition) is 1. The molecule has 0 fully saturated rings. The Kier molecular flexibility index (Phi) is 4.28. The topological polar surface area (TPSA) is 52.9 Å². The fourth-order valence-corrected chi connectivity index (χ4v) is 3.15. The van der Waals surface area contributed by atoms with Crippen LogP contribution in [0.1, 0.15) is 18.5 Å². The van der Waals surface area contributed by atoms with Gasteiger partial charge < -0.3 is 5.11 Å². The largest absolute Gasteiger partial charge is 0.477 e. The van der Waals surface area contributed by atoms with Crippen molar-refractivity contribution in [2.75, 3.05) is 5.01 Å². The number of carboxylic acid groups (broad SMARTS) is 1. The Balaban J connectivity index is 2.10. The van der Waals surface area contributed by atoms with Crippen LogP contribution in [0.15, 0.2) is 53.6 Å². The molecule has 0 aromatic heterocycles. The fourth-order valence-electron chi connectivity index (χ4n) is 2.80. The molecule has 0 spiro atoms. The summed E-state index contributed by atoms with van der Waals surface area (Å²) in [4.78, 5) is 11.5. The van der Waals surface area contributed by atoms with Crippen LogP contribution in [0.3, 0.4) is 0 Å². The molecule has 2 atom stereocenters. The van der Waals surface area contributed by atoms with E-state index in [2.05, 4.69) is 5.10 Å². The van der Waals surface area contributed by atoms with Crippen molar-refractivity contribution in [3.63, 3.8) is 0 Å². The monoisotopic (exact) mass is 348 g/mol. The smallest absolute Gasteiger partial charge is 0.352 e. The van der Waals surface area contributed by atoms with E-state index in [9.17, 15) is 9.90 Å². The van der Waals surface area contributed by atoms with E-state index in [4.69, 9.17) is 23.2 Å². The molecule has 4 nitrogen and oxygen atoms in total. The molecular formula is C17H14Cl2N2O2. The molecule has 0 saturated heterocycles. The van der Waals surface area contributed by atoms with Gasteiger partial charge in [-0.25, -0.2) is 4.79 Å². The molecule has 0 amide bonds. The highest BCUT2D eigenvalue weighted by Crippen LogP contribution is 2.41. The van der Waals surface area contributed by atoms with Crippen LogP contribution in [0.5, 0.6) is 0 Å². The van der Waals surface area contributed by atoms with Gasteiger partial charge >= 0.3 is 5.97 Å². The lowest BCUT2D eigenvalue weighted by molar-refractivity contribution is -0.129. The van der Waals surface area contributed by atoms with E-state index in [0.717, 1.165) is 5.56 Å². The van der Waals surface area contributed by atoms with E-state index in [1.165, 1.54) is 0 Å². The quantitative estimate of drug-likeness (QED) is 0.879. The van der Waals surface area contributed by atoms with Gasteiger partial charge in [0, 0.05) is 10.9 Å². The molecule has 0 unspecified atom stereocenters. The minimum absolute atomic E-state index is 0.116. The van der Waals surface area contributed by atoms with Crippen molar-refractivity contribution in [1.29, 1.82) is 0 Å².